The van der Waals surface area contributed by atoms with Crippen LogP contribution in [0.25, 0.3) is 0 Å². The summed E-state index contributed by atoms with van der Waals surface area (Å²) in [7, 11) is 0. The lowest BCUT2D eigenvalue weighted by Gasteiger charge is -2.37. The summed E-state index contributed by atoms with van der Waals surface area (Å²) in [6, 6.07) is 45.5. The third-order valence-corrected chi connectivity index (χ3v) is 8.59. The minimum Gasteiger partial charge on any atom is -0.457 e. The van der Waals surface area contributed by atoms with Gasteiger partial charge in [0.05, 0.1) is 11.5 Å². The Kier molecular flexibility index (Phi) is 9.66. The van der Waals surface area contributed by atoms with Crippen LogP contribution in [-0.2, 0) is 17.8 Å². The number of hydrogen-bond acceptors (Lipinski definition) is 4. The van der Waals surface area contributed by atoms with Crippen LogP contribution in [0.3, 0.4) is 0 Å². The molecule has 5 aromatic carbocycles. The fourth-order valence-corrected chi connectivity index (χ4v) is 6.19. The van der Waals surface area contributed by atoms with E-state index in [1.165, 1.54) is 0 Å². The Bertz CT molecular complexity index is 1680. The summed E-state index contributed by atoms with van der Waals surface area (Å²) >= 11 is 0. The number of anilines is 1. The molecule has 1 unspecified atom stereocenters. The number of hydrogen-bond donors (Lipinski definition) is 1. The first-order valence-electron chi connectivity index (χ1n) is 15.7. The van der Waals surface area contributed by atoms with Crippen molar-refractivity contribution in [3.05, 3.63) is 162 Å². The molecule has 1 fully saturated rings. The Morgan fingerprint density at radius 2 is 1.29 bits per heavy atom. The molecule has 0 saturated carbocycles. The zero-order chi connectivity index (χ0) is 30.8. The Morgan fingerprint density at radius 3 is 1.98 bits per heavy atom. The van der Waals surface area contributed by atoms with E-state index in [9.17, 15) is 9.59 Å². The maximum absolute atomic E-state index is 13.5. The number of para-hydroxylation sites is 2. The molecular formula is C40H38N2O3. The number of Topliss-reactive ketones (excluding diaryl/α,β-unsaturated/α-hetero) is 1. The van der Waals surface area contributed by atoms with Gasteiger partial charge in [-0.3, -0.25) is 9.59 Å². The van der Waals surface area contributed by atoms with Gasteiger partial charge in [-0.25, -0.2) is 0 Å². The molecule has 226 valence electrons. The Morgan fingerprint density at radius 1 is 0.689 bits per heavy atom. The van der Waals surface area contributed by atoms with Crippen LogP contribution in [-0.4, -0.2) is 24.8 Å². The van der Waals surface area contributed by atoms with E-state index in [2.05, 4.69) is 34.5 Å². The van der Waals surface area contributed by atoms with Crippen LogP contribution >= 0.6 is 0 Å². The summed E-state index contributed by atoms with van der Waals surface area (Å²) in [5.74, 6) is 1.46. The van der Waals surface area contributed by atoms with Crippen LogP contribution < -0.4 is 15.0 Å². The fraction of sp³-hybridized carbons (Fsp3) is 0.200. The van der Waals surface area contributed by atoms with E-state index < -0.39 is 0 Å². The van der Waals surface area contributed by atoms with Gasteiger partial charge < -0.3 is 15.0 Å². The van der Waals surface area contributed by atoms with Crippen molar-refractivity contribution in [1.82, 2.24) is 5.32 Å². The predicted molar refractivity (Wildman–Crippen MR) is 180 cm³/mol. The fourth-order valence-electron chi connectivity index (χ4n) is 6.19. The second kappa shape index (κ2) is 14.5. The molecule has 5 heteroatoms. The first kappa shape index (κ1) is 29.9. The molecule has 0 spiro atoms. The highest BCUT2D eigenvalue weighted by Crippen LogP contribution is 2.35. The highest BCUT2D eigenvalue weighted by atomic mass is 16.5. The Hall–Kier alpha value is -5.16. The summed E-state index contributed by atoms with van der Waals surface area (Å²) in [6.07, 6.45) is 2.15. The lowest BCUT2D eigenvalue weighted by atomic mass is 9.79. The largest absolute Gasteiger partial charge is 0.457 e. The van der Waals surface area contributed by atoms with Crippen molar-refractivity contribution >= 4 is 17.4 Å². The predicted octanol–water partition coefficient (Wildman–Crippen LogP) is 8.22. The van der Waals surface area contributed by atoms with Crippen LogP contribution in [0.5, 0.6) is 11.5 Å². The standard InChI is InChI=1S/C40H38N2O3/c43-37(36-18-10-11-19-38(36)45-35-16-8-3-9-17-35)28-30-20-22-34(23-21-30)42-26-24-33(25-27-42)39(32-14-6-2-7-15-32)40(44)41-29-31-12-4-1-5-13-31/h1-23,33,39H,24-29H2,(H,41,44). The van der Waals surface area contributed by atoms with Gasteiger partial charge in [0, 0.05) is 31.7 Å². The maximum atomic E-state index is 13.5. The van der Waals surface area contributed by atoms with E-state index >= 15 is 0 Å². The van der Waals surface area contributed by atoms with Crippen molar-refractivity contribution in [2.24, 2.45) is 5.92 Å². The Balaban J connectivity index is 1.07. The van der Waals surface area contributed by atoms with Crippen LogP contribution in [0.1, 0.15) is 45.8 Å². The average Bonchev–Trinajstić information content (AvgIpc) is 3.10. The molecular weight excluding hydrogens is 556 g/mol. The van der Waals surface area contributed by atoms with E-state index in [0.717, 1.165) is 48.3 Å². The van der Waals surface area contributed by atoms with Crippen molar-refractivity contribution in [2.75, 3.05) is 18.0 Å². The average molecular weight is 595 g/mol. The molecule has 1 heterocycles. The summed E-state index contributed by atoms with van der Waals surface area (Å²) < 4.78 is 6.02. The highest BCUT2D eigenvalue weighted by Gasteiger charge is 2.32. The SMILES string of the molecule is O=C(Cc1ccc(N2CCC(C(C(=O)NCc3ccccc3)c3ccccc3)CC2)cc1)c1ccccc1Oc1ccccc1. The van der Waals surface area contributed by atoms with Crippen molar-refractivity contribution in [3.8, 4) is 11.5 Å². The molecule has 5 nitrogen and oxygen atoms in total. The molecule has 1 atom stereocenters. The molecule has 0 radical (unpaired) electrons. The van der Waals surface area contributed by atoms with Gasteiger partial charge in [-0.2, -0.15) is 0 Å². The number of ether oxygens (including phenoxy) is 1. The number of nitrogens with one attached hydrogen (secondary N) is 1. The van der Waals surface area contributed by atoms with Crippen molar-refractivity contribution < 1.29 is 14.3 Å². The quantitative estimate of drug-likeness (QED) is 0.157. The third kappa shape index (κ3) is 7.68. The topological polar surface area (TPSA) is 58.6 Å². The van der Waals surface area contributed by atoms with Gasteiger partial charge >= 0.3 is 0 Å². The van der Waals surface area contributed by atoms with Gasteiger partial charge in [-0.15, -0.1) is 0 Å². The van der Waals surface area contributed by atoms with Gasteiger partial charge in [0.15, 0.2) is 5.78 Å². The number of nitrogens with zero attached hydrogens (tertiary/aromatic N) is 1. The van der Waals surface area contributed by atoms with Gasteiger partial charge in [-0.1, -0.05) is 103 Å². The number of benzene rings is 5. The number of ketones is 1. The number of rotatable bonds is 11. The lowest BCUT2D eigenvalue weighted by Crippen LogP contribution is -2.40. The van der Waals surface area contributed by atoms with E-state index in [1.54, 1.807) is 0 Å². The summed E-state index contributed by atoms with van der Waals surface area (Å²) in [6.45, 7) is 2.28. The molecule has 1 N–H and O–H groups in total. The van der Waals surface area contributed by atoms with Gasteiger partial charge in [0.2, 0.25) is 5.91 Å². The first-order chi connectivity index (χ1) is 22.1. The van der Waals surface area contributed by atoms with Crippen molar-refractivity contribution in [1.29, 1.82) is 0 Å². The molecule has 0 aromatic heterocycles. The Labute approximate surface area is 265 Å². The van der Waals surface area contributed by atoms with Crippen LogP contribution in [0, 0.1) is 5.92 Å². The maximum Gasteiger partial charge on any atom is 0.228 e. The molecule has 0 aliphatic carbocycles. The minimum absolute atomic E-state index is 0.0209. The molecule has 0 bridgehead atoms. The zero-order valence-corrected chi connectivity index (χ0v) is 25.3. The van der Waals surface area contributed by atoms with Gasteiger partial charge in [0.25, 0.3) is 0 Å². The third-order valence-electron chi connectivity index (χ3n) is 8.59. The zero-order valence-electron chi connectivity index (χ0n) is 25.3. The molecule has 6 rings (SSSR count). The summed E-state index contributed by atoms with van der Waals surface area (Å²) in [5.41, 5.74) is 4.86. The first-order valence-corrected chi connectivity index (χ1v) is 15.7. The molecule has 1 saturated heterocycles. The number of amides is 1. The van der Waals surface area contributed by atoms with Crippen LogP contribution in [0.4, 0.5) is 5.69 Å². The monoisotopic (exact) mass is 594 g/mol. The van der Waals surface area contributed by atoms with Crippen molar-refractivity contribution in [3.63, 3.8) is 0 Å². The lowest BCUT2D eigenvalue weighted by molar-refractivity contribution is -0.124. The molecule has 1 aliphatic heterocycles. The molecule has 5 aromatic rings. The molecule has 1 aliphatic rings. The molecule has 1 amide bonds. The van der Waals surface area contributed by atoms with Crippen LogP contribution in [0.2, 0.25) is 0 Å². The number of piperidine rings is 1. The van der Waals surface area contributed by atoms with Gasteiger partial charge in [0.1, 0.15) is 11.5 Å². The highest BCUT2D eigenvalue weighted by molar-refractivity contribution is 6.00. The smallest absolute Gasteiger partial charge is 0.228 e. The molecule has 45 heavy (non-hydrogen) atoms. The van der Waals surface area contributed by atoms with E-state index in [-0.39, 0.29) is 23.5 Å². The van der Waals surface area contributed by atoms with E-state index in [1.807, 2.05) is 115 Å². The minimum atomic E-state index is -0.181. The summed E-state index contributed by atoms with van der Waals surface area (Å²) in [5, 5.41) is 3.20. The van der Waals surface area contributed by atoms with E-state index in [0.29, 0.717) is 30.0 Å². The van der Waals surface area contributed by atoms with Gasteiger partial charge in [-0.05, 0) is 71.8 Å². The number of carbonyl (C=O) groups is 2. The van der Waals surface area contributed by atoms with E-state index in [4.69, 9.17) is 4.74 Å². The van der Waals surface area contributed by atoms with Crippen molar-refractivity contribution in [2.45, 2.75) is 31.7 Å². The van der Waals surface area contributed by atoms with Crippen LogP contribution in [0.15, 0.2) is 140 Å². The normalized spacial score (nSPS) is 14.0. The second-order valence-electron chi connectivity index (χ2n) is 11.6. The number of carbonyl (C=O) groups excluding carboxylic acids is 2. The summed E-state index contributed by atoms with van der Waals surface area (Å²) in [4.78, 5) is 29.2. The second-order valence-corrected chi connectivity index (χ2v) is 11.6.